The Kier molecular flexibility index (Phi) is 6.74. The standard InChI is InChI=1S/C23H22N2O4S/c1-3-25(30)23(28)20-6-4-5-16-12-18(13-17(14-26)22(16)20)24-21(27)11-15-7-9-19(29-2)10-8-15/h4-10,12-14,30H,3,11H2,1-2H3,(H,24,27). The van der Waals surface area contributed by atoms with E-state index in [9.17, 15) is 14.4 Å². The van der Waals surface area contributed by atoms with Gasteiger partial charge in [0, 0.05) is 28.7 Å². The number of fused-ring (bicyclic) bond motifs is 1. The lowest BCUT2D eigenvalue weighted by atomic mass is 9.98. The lowest BCUT2D eigenvalue weighted by molar-refractivity contribution is -0.115. The molecule has 0 aliphatic carbocycles. The van der Waals surface area contributed by atoms with Gasteiger partial charge in [-0.25, -0.2) is 0 Å². The molecule has 0 unspecified atom stereocenters. The van der Waals surface area contributed by atoms with Gasteiger partial charge in [0.2, 0.25) is 5.91 Å². The fraction of sp³-hybridized carbons (Fsp3) is 0.174. The highest BCUT2D eigenvalue weighted by Crippen LogP contribution is 2.28. The Morgan fingerprint density at radius 1 is 1.13 bits per heavy atom. The molecule has 3 rings (SSSR count). The molecule has 154 valence electrons. The average Bonchev–Trinajstić information content (AvgIpc) is 2.77. The number of nitrogens with one attached hydrogen (secondary N) is 1. The summed E-state index contributed by atoms with van der Waals surface area (Å²) < 4.78 is 6.40. The summed E-state index contributed by atoms with van der Waals surface area (Å²) in [6.45, 7) is 2.24. The Balaban J connectivity index is 1.89. The molecular formula is C23H22N2O4S. The summed E-state index contributed by atoms with van der Waals surface area (Å²) in [5.74, 6) is 0.222. The molecule has 30 heavy (non-hydrogen) atoms. The molecule has 3 aromatic carbocycles. The zero-order chi connectivity index (χ0) is 21.7. The molecule has 0 spiro atoms. The number of aldehydes is 1. The Bertz CT molecular complexity index is 1100. The highest BCUT2D eigenvalue weighted by atomic mass is 32.1. The number of methoxy groups -OCH3 is 1. The Labute approximate surface area is 180 Å². The number of hydrogen-bond acceptors (Lipinski definition) is 5. The van der Waals surface area contributed by atoms with Crippen LogP contribution in [0.25, 0.3) is 10.8 Å². The van der Waals surface area contributed by atoms with Crippen LogP contribution >= 0.6 is 12.8 Å². The molecule has 0 saturated heterocycles. The van der Waals surface area contributed by atoms with Crippen LogP contribution in [0.3, 0.4) is 0 Å². The fourth-order valence-corrected chi connectivity index (χ4v) is 3.33. The number of ether oxygens (including phenoxy) is 1. The lowest BCUT2D eigenvalue weighted by Gasteiger charge is -2.16. The first kappa shape index (κ1) is 21.4. The van der Waals surface area contributed by atoms with Gasteiger partial charge in [0.05, 0.1) is 13.5 Å². The van der Waals surface area contributed by atoms with Gasteiger partial charge < -0.3 is 10.1 Å². The summed E-state index contributed by atoms with van der Waals surface area (Å²) in [4.78, 5) is 36.9. The van der Waals surface area contributed by atoms with Gasteiger partial charge in [-0.2, -0.15) is 0 Å². The summed E-state index contributed by atoms with van der Waals surface area (Å²) in [6.07, 6.45) is 0.870. The second-order valence-corrected chi connectivity index (χ2v) is 7.16. The first-order chi connectivity index (χ1) is 14.5. The van der Waals surface area contributed by atoms with E-state index in [1.54, 1.807) is 49.6 Å². The number of amides is 2. The minimum atomic E-state index is -0.286. The molecule has 0 saturated carbocycles. The van der Waals surface area contributed by atoms with Crippen molar-refractivity contribution in [3.8, 4) is 5.75 Å². The molecule has 0 aliphatic heterocycles. The van der Waals surface area contributed by atoms with Gasteiger partial charge >= 0.3 is 0 Å². The molecule has 0 bridgehead atoms. The second-order valence-electron chi connectivity index (χ2n) is 6.68. The van der Waals surface area contributed by atoms with Crippen LogP contribution in [-0.4, -0.2) is 36.1 Å². The van der Waals surface area contributed by atoms with E-state index >= 15 is 0 Å². The number of anilines is 1. The number of carbonyl (C=O) groups is 3. The molecule has 0 radical (unpaired) electrons. The van der Waals surface area contributed by atoms with Crippen molar-refractivity contribution < 1.29 is 19.1 Å². The Morgan fingerprint density at radius 2 is 1.87 bits per heavy atom. The number of rotatable bonds is 7. The summed E-state index contributed by atoms with van der Waals surface area (Å²) in [6, 6.07) is 15.8. The van der Waals surface area contributed by atoms with Crippen LogP contribution in [0.15, 0.2) is 54.6 Å². The van der Waals surface area contributed by atoms with Gasteiger partial charge in [-0.15, -0.1) is 0 Å². The third-order valence-electron chi connectivity index (χ3n) is 4.71. The number of carbonyl (C=O) groups excluding carboxylic acids is 3. The topological polar surface area (TPSA) is 75.7 Å². The zero-order valence-electron chi connectivity index (χ0n) is 16.7. The Morgan fingerprint density at radius 3 is 2.50 bits per heavy atom. The van der Waals surface area contributed by atoms with E-state index < -0.39 is 0 Å². The molecule has 0 fully saturated rings. The van der Waals surface area contributed by atoms with Gasteiger partial charge in [0.25, 0.3) is 5.91 Å². The van der Waals surface area contributed by atoms with E-state index in [4.69, 9.17) is 4.74 Å². The third kappa shape index (κ3) is 4.63. The van der Waals surface area contributed by atoms with Crippen molar-refractivity contribution in [1.82, 2.24) is 4.31 Å². The maximum atomic E-state index is 12.6. The van der Waals surface area contributed by atoms with Crippen LogP contribution in [-0.2, 0) is 11.2 Å². The van der Waals surface area contributed by atoms with Crippen molar-refractivity contribution >= 4 is 47.4 Å². The van der Waals surface area contributed by atoms with Crippen LogP contribution in [0.4, 0.5) is 5.69 Å². The van der Waals surface area contributed by atoms with Gasteiger partial charge in [0.15, 0.2) is 6.29 Å². The van der Waals surface area contributed by atoms with Crippen molar-refractivity contribution in [2.45, 2.75) is 13.3 Å². The van der Waals surface area contributed by atoms with Crippen molar-refractivity contribution in [3.63, 3.8) is 0 Å². The van der Waals surface area contributed by atoms with Gasteiger partial charge in [0.1, 0.15) is 5.75 Å². The predicted octanol–water partition coefficient (Wildman–Crippen LogP) is 4.15. The van der Waals surface area contributed by atoms with Crippen molar-refractivity contribution in [2.75, 3.05) is 19.0 Å². The number of thiol groups is 1. The first-order valence-corrected chi connectivity index (χ1v) is 9.82. The van der Waals surface area contributed by atoms with Crippen molar-refractivity contribution in [3.05, 3.63) is 71.3 Å². The Hall–Kier alpha value is -3.32. The molecule has 6 nitrogen and oxygen atoms in total. The largest absolute Gasteiger partial charge is 0.497 e. The summed E-state index contributed by atoms with van der Waals surface area (Å²) in [5, 5.41) is 4.05. The number of benzene rings is 3. The van der Waals surface area contributed by atoms with E-state index in [0.29, 0.717) is 40.4 Å². The summed E-state index contributed by atoms with van der Waals surface area (Å²) in [7, 11) is 1.58. The number of nitrogens with zero attached hydrogens (tertiary/aromatic N) is 1. The van der Waals surface area contributed by atoms with Crippen LogP contribution in [0, 0.1) is 0 Å². The molecule has 0 aliphatic rings. The van der Waals surface area contributed by atoms with E-state index in [1.165, 1.54) is 4.31 Å². The smallest absolute Gasteiger partial charge is 0.264 e. The van der Waals surface area contributed by atoms with E-state index in [2.05, 4.69) is 18.1 Å². The highest BCUT2D eigenvalue weighted by Gasteiger charge is 2.17. The molecule has 0 atom stereocenters. The van der Waals surface area contributed by atoms with Gasteiger partial charge in [-0.05, 0) is 48.2 Å². The van der Waals surface area contributed by atoms with Crippen LogP contribution in [0.2, 0.25) is 0 Å². The predicted molar refractivity (Wildman–Crippen MR) is 120 cm³/mol. The molecule has 3 aromatic rings. The van der Waals surface area contributed by atoms with Gasteiger partial charge in [-0.3, -0.25) is 18.7 Å². The minimum absolute atomic E-state index is 0.183. The van der Waals surface area contributed by atoms with E-state index in [0.717, 1.165) is 11.3 Å². The molecule has 7 heteroatoms. The zero-order valence-corrected chi connectivity index (χ0v) is 17.6. The molecular weight excluding hydrogens is 400 g/mol. The minimum Gasteiger partial charge on any atom is -0.497 e. The van der Waals surface area contributed by atoms with Crippen molar-refractivity contribution in [2.24, 2.45) is 0 Å². The normalized spacial score (nSPS) is 10.5. The average molecular weight is 423 g/mol. The van der Waals surface area contributed by atoms with Crippen LogP contribution in [0.1, 0.15) is 33.2 Å². The summed E-state index contributed by atoms with van der Waals surface area (Å²) >= 11 is 4.18. The molecule has 1 N–H and O–H groups in total. The monoisotopic (exact) mass is 422 g/mol. The second kappa shape index (κ2) is 9.45. The molecule has 0 aromatic heterocycles. The van der Waals surface area contributed by atoms with Crippen LogP contribution < -0.4 is 10.1 Å². The summed E-state index contributed by atoms with van der Waals surface area (Å²) in [5.41, 5.74) is 2.05. The lowest BCUT2D eigenvalue weighted by Crippen LogP contribution is -2.21. The fourth-order valence-electron chi connectivity index (χ4n) is 3.22. The van der Waals surface area contributed by atoms with Crippen molar-refractivity contribution in [1.29, 1.82) is 0 Å². The first-order valence-electron chi connectivity index (χ1n) is 9.42. The third-order valence-corrected chi connectivity index (χ3v) is 5.17. The van der Waals surface area contributed by atoms with E-state index in [1.807, 2.05) is 19.1 Å². The maximum absolute atomic E-state index is 12.6. The maximum Gasteiger partial charge on any atom is 0.264 e. The number of hydrogen-bond donors (Lipinski definition) is 2. The van der Waals surface area contributed by atoms with Crippen LogP contribution in [0.5, 0.6) is 5.75 Å². The molecule has 2 amide bonds. The van der Waals surface area contributed by atoms with E-state index in [-0.39, 0.29) is 18.2 Å². The highest BCUT2D eigenvalue weighted by molar-refractivity contribution is 7.78. The molecule has 0 heterocycles. The van der Waals surface area contributed by atoms with Gasteiger partial charge in [-0.1, -0.05) is 37.1 Å². The quantitative estimate of drug-likeness (QED) is 0.443. The SMILES string of the molecule is CCN(S)C(=O)c1cccc2cc(NC(=O)Cc3ccc(OC)cc3)cc(C=O)c12.